The number of β-amino-alcohol motifs (C(OH)–C–C–N with tert-alkyl or cyclic N) is 1. The number of amides is 2. The molecule has 3 aliphatic rings. The molecule has 2 saturated carbocycles. The molecular formula is C32H50F3N3O6S. The van der Waals surface area contributed by atoms with Gasteiger partial charge in [-0.2, -0.15) is 0 Å². The SMILES string of the molecule is CC[C@@H]1NC[C@H](O)CCC(C)[C@H]2CCC3(C)C([C@H](C)CCNC(=O)NS(=O)(=O)c4ccc(OC(F)(F)F)cc4)CC[C@H]3[C@@H]2[C@@H]1O. The van der Waals surface area contributed by atoms with Gasteiger partial charge < -0.3 is 25.6 Å². The number of sulfonamides is 1. The molecule has 0 radical (unpaired) electrons. The monoisotopic (exact) mass is 661 g/mol. The number of urea groups is 1. The van der Waals surface area contributed by atoms with Crippen molar-refractivity contribution >= 4 is 16.1 Å². The molecule has 2 amide bonds. The minimum atomic E-state index is -4.90. The van der Waals surface area contributed by atoms with Crippen molar-refractivity contribution in [1.29, 1.82) is 0 Å². The summed E-state index contributed by atoms with van der Waals surface area (Å²) in [6.07, 6.45) is 1.51. The number of benzene rings is 1. The van der Waals surface area contributed by atoms with Gasteiger partial charge in [-0.15, -0.1) is 13.2 Å². The molecule has 3 unspecified atom stereocenters. The van der Waals surface area contributed by atoms with E-state index in [1.165, 1.54) is 0 Å². The average Bonchev–Trinajstić information content (AvgIpc) is 3.31. The molecule has 1 saturated heterocycles. The molecule has 13 heteroatoms. The maximum absolute atomic E-state index is 12.6. The standard InChI is InChI=1S/C32H50F3N3O6S/c1-5-27-29(40)28-24(19(2)6-7-21(39)18-37-27)14-16-31(4)25(12-13-26(28)31)20(3)15-17-36-30(41)38-45(42,43)23-10-8-22(9-11-23)44-32(33,34)35/h8-11,19-21,24-29,37,39-40H,5-7,12-18H2,1-4H3,(H2,36,38,41)/t19?,20-,21-,24-,25?,26+,27+,28-,29-,31?/m1/s1. The fraction of sp³-hybridized carbons (Fsp3) is 0.781. The Hall–Kier alpha value is -2.09. The number of carbonyl (C=O) groups excluding carboxylic acids is 1. The Kier molecular flexibility index (Phi) is 11.4. The van der Waals surface area contributed by atoms with Gasteiger partial charge in [0.25, 0.3) is 10.0 Å². The zero-order valence-corrected chi connectivity index (χ0v) is 27.5. The van der Waals surface area contributed by atoms with Gasteiger partial charge in [0.1, 0.15) is 5.75 Å². The molecule has 1 aliphatic heterocycles. The number of nitrogens with one attached hydrogen (secondary N) is 3. The number of aliphatic hydroxyl groups is 2. The third-order valence-electron chi connectivity index (χ3n) is 11.2. The van der Waals surface area contributed by atoms with Crippen LogP contribution >= 0.6 is 0 Å². The molecule has 5 N–H and O–H groups in total. The van der Waals surface area contributed by atoms with Gasteiger partial charge in [0.2, 0.25) is 0 Å². The van der Waals surface area contributed by atoms with Crippen LogP contribution in [-0.4, -0.2) is 62.4 Å². The lowest BCUT2D eigenvalue weighted by Crippen LogP contribution is -2.55. The van der Waals surface area contributed by atoms with E-state index in [1.807, 2.05) is 4.72 Å². The van der Waals surface area contributed by atoms with Crippen LogP contribution in [0.1, 0.15) is 79.1 Å². The summed E-state index contributed by atoms with van der Waals surface area (Å²) in [5, 5.41) is 28.3. The van der Waals surface area contributed by atoms with Crippen LogP contribution in [0.25, 0.3) is 0 Å². The Labute approximate surface area is 265 Å². The molecule has 0 aromatic heterocycles. The van der Waals surface area contributed by atoms with E-state index in [-0.39, 0.29) is 34.7 Å². The van der Waals surface area contributed by atoms with Gasteiger partial charge in [0.15, 0.2) is 0 Å². The summed E-state index contributed by atoms with van der Waals surface area (Å²) in [6, 6.07) is 2.63. The molecule has 0 spiro atoms. The molecule has 1 heterocycles. The van der Waals surface area contributed by atoms with Crippen LogP contribution < -0.4 is 20.1 Å². The number of carbonyl (C=O) groups is 1. The first-order chi connectivity index (χ1) is 21.1. The normalized spacial score (nSPS) is 35.0. The Morgan fingerprint density at radius 1 is 1.13 bits per heavy atom. The summed E-state index contributed by atoms with van der Waals surface area (Å²) in [5.41, 5.74) is 0.0385. The summed E-state index contributed by atoms with van der Waals surface area (Å²) < 4.78 is 68.0. The lowest BCUT2D eigenvalue weighted by atomic mass is 9.52. The number of halogens is 3. The third-order valence-corrected chi connectivity index (χ3v) is 12.5. The molecule has 0 bridgehead atoms. The topological polar surface area (TPSA) is 137 Å². The molecule has 10 atom stereocenters. The van der Waals surface area contributed by atoms with Crippen molar-refractivity contribution < 1.29 is 41.3 Å². The molecule has 9 nitrogen and oxygen atoms in total. The second-order valence-electron chi connectivity index (χ2n) is 13.8. The van der Waals surface area contributed by atoms with E-state index in [0.717, 1.165) is 69.2 Å². The average molecular weight is 662 g/mol. The van der Waals surface area contributed by atoms with Crippen LogP contribution in [0.2, 0.25) is 0 Å². The quantitative estimate of drug-likeness (QED) is 0.259. The first kappa shape index (κ1) is 35.8. The maximum atomic E-state index is 12.6. The Balaban J connectivity index is 1.35. The summed E-state index contributed by atoms with van der Waals surface area (Å²) in [4.78, 5) is 12.1. The highest BCUT2D eigenvalue weighted by Crippen LogP contribution is 2.63. The van der Waals surface area contributed by atoms with Gasteiger partial charge in [-0.3, -0.25) is 0 Å². The maximum Gasteiger partial charge on any atom is 0.573 e. The van der Waals surface area contributed by atoms with Crippen molar-refractivity contribution in [1.82, 2.24) is 15.4 Å². The van der Waals surface area contributed by atoms with Crippen molar-refractivity contribution in [3.05, 3.63) is 24.3 Å². The van der Waals surface area contributed by atoms with Gasteiger partial charge >= 0.3 is 12.4 Å². The number of hydrogen-bond acceptors (Lipinski definition) is 7. The fourth-order valence-corrected chi connectivity index (χ4v) is 9.77. The van der Waals surface area contributed by atoms with E-state index in [2.05, 4.69) is 43.1 Å². The molecule has 1 aromatic rings. The molecule has 1 aromatic carbocycles. The van der Waals surface area contributed by atoms with Crippen molar-refractivity contribution in [3.63, 3.8) is 0 Å². The second kappa shape index (κ2) is 14.4. The van der Waals surface area contributed by atoms with E-state index in [1.54, 1.807) is 0 Å². The minimum absolute atomic E-state index is 0.0385. The summed E-state index contributed by atoms with van der Waals surface area (Å²) in [5.74, 6) is 1.43. The Morgan fingerprint density at radius 3 is 2.47 bits per heavy atom. The van der Waals surface area contributed by atoms with Crippen molar-refractivity contribution in [3.8, 4) is 5.75 Å². The number of alkyl halides is 3. The summed E-state index contributed by atoms with van der Waals surface area (Å²) in [6.45, 7) is 9.65. The van der Waals surface area contributed by atoms with E-state index < -0.39 is 40.4 Å². The van der Waals surface area contributed by atoms with Crippen LogP contribution in [-0.2, 0) is 10.0 Å². The zero-order chi connectivity index (χ0) is 33.2. The van der Waals surface area contributed by atoms with Crippen molar-refractivity contribution in [2.24, 2.45) is 40.9 Å². The molecular weight excluding hydrogens is 611 g/mol. The fourth-order valence-electron chi connectivity index (χ4n) is 8.84. The highest BCUT2D eigenvalue weighted by Gasteiger charge is 2.57. The minimum Gasteiger partial charge on any atom is -0.406 e. The zero-order valence-electron chi connectivity index (χ0n) is 26.6. The lowest BCUT2D eigenvalue weighted by Gasteiger charge is -2.54. The molecule has 2 aliphatic carbocycles. The number of aliphatic hydroxyl groups excluding tert-OH is 2. The summed E-state index contributed by atoms with van der Waals surface area (Å²) >= 11 is 0. The van der Waals surface area contributed by atoms with Gasteiger partial charge in [-0.25, -0.2) is 17.9 Å². The van der Waals surface area contributed by atoms with Gasteiger partial charge in [-0.05, 0) is 117 Å². The lowest BCUT2D eigenvalue weighted by molar-refractivity contribution is -0.274. The third kappa shape index (κ3) is 8.44. The molecule has 3 fully saturated rings. The predicted octanol–water partition coefficient (Wildman–Crippen LogP) is 5.18. The largest absolute Gasteiger partial charge is 0.573 e. The second-order valence-corrected chi connectivity index (χ2v) is 15.5. The van der Waals surface area contributed by atoms with E-state index in [4.69, 9.17) is 0 Å². The number of hydrogen-bond donors (Lipinski definition) is 5. The van der Waals surface area contributed by atoms with Crippen molar-refractivity contribution in [2.75, 3.05) is 13.1 Å². The van der Waals surface area contributed by atoms with Crippen LogP contribution in [0.15, 0.2) is 29.2 Å². The van der Waals surface area contributed by atoms with Crippen LogP contribution in [0.3, 0.4) is 0 Å². The highest BCUT2D eigenvalue weighted by molar-refractivity contribution is 7.90. The van der Waals surface area contributed by atoms with Crippen molar-refractivity contribution in [2.45, 2.75) is 109 Å². The van der Waals surface area contributed by atoms with E-state index >= 15 is 0 Å². The highest BCUT2D eigenvalue weighted by atomic mass is 32.2. The van der Waals surface area contributed by atoms with Gasteiger partial charge in [0, 0.05) is 19.1 Å². The number of ether oxygens (including phenoxy) is 1. The van der Waals surface area contributed by atoms with Gasteiger partial charge in [0.05, 0.1) is 17.1 Å². The first-order valence-electron chi connectivity index (χ1n) is 16.3. The first-order valence-corrected chi connectivity index (χ1v) is 17.8. The predicted molar refractivity (Wildman–Crippen MR) is 164 cm³/mol. The Morgan fingerprint density at radius 2 is 1.82 bits per heavy atom. The van der Waals surface area contributed by atoms with E-state index in [9.17, 15) is 36.6 Å². The number of rotatable bonds is 8. The molecule has 45 heavy (non-hydrogen) atoms. The van der Waals surface area contributed by atoms with Crippen LogP contribution in [0.4, 0.5) is 18.0 Å². The molecule has 4 rings (SSSR count). The number of fused-ring (bicyclic) bond motifs is 3. The smallest absolute Gasteiger partial charge is 0.406 e. The van der Waals surface area contributed by atoms with Gasteiger partial charge in [-0.1, -0.05) is 27.7 Å². The summed E-state index contributed by atoms with van der Waals surface area (Å²) in [7, 11) is -4.29. The van der Waals surface area contributed by atoms with Crippen LogP contribution in [0.5, 0.6) is 5.75 Å². The molecule has 256 valence electrons. The Bertz CT molecular complexity index is 1250. The van der Waals surface area contributed by atoms with Crippen LogP contribution in [0, 0.1) is 40.9 Å². The van der Waals surface area contributed by atoms with E-state index in [0.29, 0.717) is 36.6 Å².